The van der Waals surface area contributed by atoms with Crippen molar-refractivity contribution in [2.24, 2.45) is 5.73 Å². The fourth-order valence-corrected chi connectivity index (χ4v) is 3.98. The van der Waals surface area contributed by atoms with Crippen LogP contribution in [-0.4, -0.2) is 55.8 Å². The lowest BCUT2D eigenvalue weighted by Gasteiger charge is -2.34. The number of benzene rings is 1. The molecule has 1 atom stereocenters. The zero-order valence-electron chi connectivity index (χ0n) is 13.8. The standard InChI is InChI=1S/C15H21F2N3O3S.ClH/c1-11(18)2-5-15(21)19-6-8-20(9-7-19)24(22,23)14-4-3-12(16)10-13(14)17;/h3-4,10-11H,2,5-9,18H2,1H3;1H. The lowest BCUT2D eigenvalue weighted by molar-refractivity contribution is -0.132. The van der Waals surface area contributed by atoms with E-state index in [0.717, 1.165) is 16.4 Å². The van der Waals surface area contributed by atoms with E-state index in [1.165, 1.54) is 0 Å². The normalized spacial score (nSPS) is 17.0. The second-order valence-electron chi connectivity index (χ2n) is 5.88. The van der Waals surface area contributed by atoms with Crippen molar-refractivity contribution in [3.63, 3.8) is 0 Å². The van der Waals surface area contributed by atoms with Gasteiger partial charge in [0.2, 0.25) is 15.9 Å². The van der Waals surface area contributed by atoms with Crippen molar-refractivity contribution < 1.29 is 22.0 Å². The van der Waals surface area contributed by atoms with Gasteiger partial charge in [0.25, 0.3) is 0 Å². The van der Waals surface area contributed by atoms with Crippen molar-refractivity contribution in [1.82, 2.24) is 9.21 Å². The largest absolute Gasteiger partial charge is 0.340 e. The topological polar surface area (TPSA) is 83.7 Å². The third kappa shape index (κ3) is 5.34. The minimum Gasteiger partial charge on any atom is -0.340 e. The molecule has 0 bridgehead atoms. The Bertz CT molecular complexity index is 708. The van der Waals surface area contributed by atoms with Crippen LogP contribution in [0, 0.1) is 11.6 Å². The summed E-state index contributed by atoms with van der Waals surface area (Å²) < 4.78 is 52.7. The minimum absolute atomic E-state index is 0. The predicted octanol–water partition coefficient (Wildman–Crippen LogP) is 1.35. The van der Waals surface area contributed by atoms with Gasteiger partial charge in [0.05, 0.1) is 0 Å². The van der Waals surface area contributed by atoms with Crippen LogP contribution >= 0.6 is 12.4 Å². The summed E-state index contributed by atoms with van der Waals surface area (Å²) in [6, 6.07) is 2.29. The van der Waals surface area contributed by atoms with E-state index in [1.807, 2.05) is 6.92 Å². The maximum Gasteiger partial charge on any atom is 0.246 e. The Morgan fingerprint density at radius 3 is 2.36 bits per heavy atom. The fourth-order valence-electron chi connectivity index (χ4n) is 2.51. The van der Waals surface area contributed by atoms with E-state index in [4.69, 9.17) is 5.73 Å². The first-order valence-electron chi connectivity index (χ1n) is 7.70. The van der Waals surface area contributed by atoms with Gasteiger partial charge < -0.3 is 10.6 Å². The van der Waals surface area contributed by atoms with Gasteiger partial charge in [-0.15, -0.1) is 12.4 Å². The molecule has 25 heavy (non-hydrogen) atoms. The summed E-state index contributed by atoms with van der Waals surface area (Å²) in [5.41, 5.74) is 5.62. The van der Waals surface area contributed by atoms with Crippen LogP contribution in [0.3, 0.4) is 0 Å². The average Bonchev–Trinajstić information content (AvgIpc) is 2.52. The molecule has 6 nitrogen and oxygen atoms in total. The molecule has 10 heteroatoms. The smallest absolute Gasteiger partial charge is 0.246 e. The average molecular weight is 398 g/mol. The molecule has 1 aliphatic heterocycles. The molecule has 1 saturated heterocycles. The van der Waals surface area contributed by atoms with Gasteiger partial charge in [-0.1, -0.05) is 0 Å². The summed E-state index contributed by atoms with van der Waals surface area (Å²) in [6.45, 7) is 2.43. The molecule has 0 saturated carbocycles. The first-order chi connectivity index (χ1) is 11.2. The Morgan fingerprint density at radius 1 is 1.24 bits per heavy atom. The van der Waals surface area contributed by atoms with Gasteiger partial charge in [-0.2, -0.15) is 4.31 Å². The number of halogens is 3. The van der Waals surface area contributed by atoms with Crippen LogP contribution < -0.4 is 5.73 Å². The number of sulfonamides is 1. The van der Waals surface area contributed by atoms with Crippen LogP contribution in [0.4, 0.5) is 8.78 Å². The van der Waals surface area contributed by atoms with Gasteiger partial charge in [0.1, 0.15) is 16.5 Å². The molecule has 0 aromatic heterocycles. The highest BCUT2D eigenvalue weighted by Crippen LogP contribution is 2.21. The number of hydrogen-bond donors (Lipinski definition) is 1. The van der Waals surface area contributed by atoms with Crippen LogP contribution in [0.5, 0.6) is 0 Å². The van der Waals surface area contributed by atoms with E-state index >= 15 is 0 Å². The summed E-state index contributed by atoms with van der Waals surface area (Å²) in [7, 11) is -4.05. The van der Waals surface area contributed by atoms with E-state index < -0.39 is 26.6 Å². The summed E-state index contributed by atoms with van der Waals surface area (Å²) in [5.74, 6) is -2.03. The van der Waals surface area contributed by atoms with Crippen molar-refractivity contribution in [2.45, 2.75) is 30.7 Å². The van der Waals surface area contributed by atoms with Crippen molar-refractivity contribution in [3.8, 4) is 0 Å². The summed E-state index contributed by atoms with van der Waals surface area (Å²) in [5, 5.41) is 0. The maximum absolute atomic E-state index is 13.8. The monoisotopic (exact) mass is 397 g/mol. The van der Waals surface area contributed by atoms with Crippen LogP contribution in [0.25, 0.3) is 0 Å². The molecule has 1 aromatic rings. The highest BCUT2D eigenvalue weighted by atomic mass is 35.5. The second kappa shape index (κ2) is 8.88. The van der Waals surface area contributed by atoms with Crippen LogP contribution in [0.2, 0.25) is 0 Å². The Balaban J connectivity index is 0.00000312. The number of carbonyl (C=O) groups excluding carboxylic acids is 1. The number of carbonyl (C=O) groups is 1. The highest BCUT2D eigenvalue weighted by molar-refractivity contribution is 7.89. The Hall–Kier alpha value is -1.29. The number of amides is 1. The highest BCUT2D eigenvalue weighted by Gasteiger charge is 2.31. The van der Waals surface area contributed by atoms with Gasteiger partial charge in [-0.05, 0) is 25.5 Å². The molecule has 1 aliphatic rings. The van der Waals surface area contributed by atoms with Crippen molar-refractivity contribution >= 4 is 28.3 Å². The first-order valence-corrected chi connectivity index (χ1v) is 9.14. The van der Waals surface area contributed by atoms with Crippen LogP contribution in [0.15, 0.2) is 23.1 Å². The molecule has 0 spiro atoms. The molecular formula is C15H22ClF2N3O3S. The third-order valence-electron chi connectivity index (χ3n) is 3.92. The van der Waals surface area contributed by atoms with Crippen LogP contribution in [0.1, 0.15) is 19.8 Å². The lowest BCUT2D eigenvalue weighted by Crippen LogP contribution is -2.50. The van der Waals surface area contributed by atoms with Gasteiger partial charge in [0, 0.05) is 44.7 Å². The van der Waals surface area contributed by atoms with Gasteiger partial charge in [0.15, 0.2) is 0 Å². The van der Waals surface area contributed by atoms with Gasteiger partial charge >= 0.3 is 0 Å². The van der Waals surface area contributed by atoms with Gasteiger partial charge in [-0.25, -0.2) is 17.2 Å². The fraction of sp³-hybridized carbons (Fsp3) is 0.533. The predicted molar refractivity (Wildman–Crippen MR) is 91.8 cm³/mol. The zero-order chi connectivity index (χ0) is 17.9. The van der Waals surface area contributed by atoms with E-state index in [-0.39, 0.29) is 50.5 Å². The number of hydrogen-bond acceptors (Lipinski definition) is 4. The van der Waals surface area contributed by atoms with E-state index in [2.05, 4.69) is 0 Å². The van der Waals surface area contributed by atoms with E-state index in [9.17, 15) is 22.0 Å². The molecule has 0 aliphatic carbocycles. The number of rotatable bonds is 5. The second-order valence-corrected chi connectivity index (χ2v) is 7.78. The molecular weight excluding hydrogens is 376 g/mol. The van der Waals surface area contributed by atoms with Crippen molar-refractivity contribution in [3.05, 3.63) is 29.8 Å². The minimum atomic E-state index is -4.05. The third-order valence-corrected chi connectivity index (χ3v) is 5.85. The summed E-state index contributed by atoms with van der Waals surface area (Å²) in [4.78, 5) is 13.0. The molecule has 1 aromatic carbocycles. The molecule has 142 valence electrons. The van der Waals surface area contributed by atoms with E-state index in [0.29, 0.717) is 18.9 Å². The maximum atomic E-state index is 13.8. The molecule has 2 rings (SSSR count). The molecule has 1 amide bonds. The molecule has 1 fully saturated rings. The lowest BCUT2D eigenvalue weighted by atomic mass is 10.2. The Morgan fingerprint density at radius 2 is 1.84 bits per heavy atom. The summed E-state index contributed by atoms with van der Waals surface area (Å²) >= 11 is 0. The quantitative estimate of drug-likeness (QED) is 0.812. The molecule has 2 N–H and O–H groups in total. The Kier molecular flexibility index (Phi) is 7.73. The molecule has 0 radical (unpaired) electrons. The first kappa shape index (κ1) is 21.8. The summed E-state index contributed by atoms with van der Waals surface area (Å²) in [6.07, 6.45) is 0.884. The van der Waals surface area contributed by atoms with E-state index in [1.54, 1.807) is 4.90 Å². The van der Waals surface area contributed by atoms with Crippen molar-refractivity contribution in [1.29, 1.82) is 0 Å². The van der Waals surface area contributed by atoms with Gasteiger partial charge in [-0.3, -0.25) is 4.79 Å². The Labute approximate surface area is 152 Å². The molecule has 1 unspecified atom stereocenters. The number of nitrogens with two attached hydrogens (primary N) is 1. The number of nitrogens with zero attached hydrogens (tertiary/aromatic N) is 2. The van der Waals surface area contributed by atoms with Crippen molar-refractivity contribution in [2.75, 3.05) is 26.2 Å². The zero-order valence-corrected chi connectivity index (χ0v) is 15.5. The molecule has 1 heterocycles. The SMILES string of the molecule is CC(N)CCC(=O)N1CCN(S(=O)(=O)c2ccc(F)cc2F)CC1.Cl. The van der Waals surface area contributed by atoms with Crippen LogP contribution in [-0.2, 0) is 14.8 Å². The number of piperazine rings is 1.